The number of rotatable bonds is 2. The number of methoxy groups -OCH3 is 1. The van der Waals surface area contributed by atoms with Crippen molar-refractivity contribution in [1.82, 2.24) is 0 Å². The van der Waals surface area contributed by atoms with E-state index in [1.807, 2.05) is 0 Å². The van der Waals surface area contributed by atoms with Gasteiger partial charge in [-0.15, -0.1) is 0 Å². The van der Waals surface area contributed by atoms with Crippen molar-refractivity contribution in [2.75, 3.05) is 7.11 Å². The molecule has 0 saturated heterocycles. The molecule has 2 nitrogen and oxygen atoms in total. The fourth-order valence-electron chi connectivity index (χ4n) is 2.02. The Balaban J connectivity index is 2.62. The van der Waals surface area contributed by atoms with Gasteiger partial charge in [0.2, 0.25) is 0 Å². The third-order valence-corrected chi connectivity index (χ3v) is 4.17. The summed E-state index contributed by atoms with van der Waals surface area (Å²) in [5.41, 5.74) is 9.73. The van der Waals surface area contributed by atoms with E-state index in [1.54, 1.807) is 7.11 Å². The van der Waals surface area contributed by atoms with Gasteiger partial charge >= 0.3 is 0 Å². The Labute approximate surface area is 98.9 Å². The molecule has 82 valence electrons. The molecule has 3 heteroatoms. The van der Waals surface area contributed by atoms with Crippen LogP contribution in [0.15, 0.2) is 10.5 Å². The number of aryl methyl sites for hydroxylation is 1. The van der Waals surface area contributed by atoms with E-state index in [2.05, 4.69) is 35.8 Å². The van der Waals surface area contributed by atoms with E-state index < -0.39 is 0 Å². The summed E-state index contributed by atoms with van der Waals surface area (Å²) in [6.45, 7) is 4.15. The third-order valence-electron chi connectivity index (χ3n) is 3.18. The summed E-state index contributed by atoms with van der Waals surface area (Å²) in [4.78, 5) is 0. The molecule has 15 heavy (non-hydrogen) atoms. The van der Waals surface area contributed by atoms with Crippen molar-refractivity contribution >= 4 is 15.9 Å². The van der Waals surface area contributed by atoms with Crippen LogP contribution < -0.4 is 10.5 Å². The molecule has 1 aromatic rings. The smallest absolute Gasteiger partial charge is 0.136 e. The van der Waals surface area contributed by atoms with Crippen molar-refractivity contribution < 1.29 is 4.74 Å². The summed E-state index contributed by atoms with van der Waals surface area (Å²) in [7, 11) is 1.70. The average Bonchev–Trinajstić information content (AvgIpc) is 2.92. The van der Waals surface area contributed by atoms with Crippen LogP contribution in [0, 0.1) is 13.8 Å². The topological polar surface area (TPSA) is 35.2 Å². The normalized spacial score (nSPS) is 17.7. The number of halogens is 1. The SMILES string of the molecule is COc1c(C)c(C2(N)CC2)cc(C)c1Br. The van der Waals surface area contributed by atoms with E-state index in [1.165, 1.54) is 11.1 Å². The molecule has 2 rings (SSSR count). The fourth-order valence-corrected chi connectivity index (χ4v) is 2.59. The minimum absolute atomic E-state index is 0.0944. The molecule has 0 aliphatic heterocycles. The molecule has 0 amide bonds. The number of nitrogens with two attached hydrogens (primary N) is 1. The van der Waals surface area contributed by atoms with E-state index in [0.717, 1.165) is 28.6 Å². The molecule has 0 bridgehead atoms. The summed E-state index contributed by atoms with van der Waals surface area (Å²) in [5, 5.41) is 0. The van der Waals surface area contributed by atoms with Crippen LogP contribution in [-0.2, 0) is 5.54 Å². The largest absolute Gasteiger partial charge is 0.495 e. The van der Waals surface area contributed by atoms with Crippen LogP contribution in [0.1, 0.15) is 29.5 Å². The first kappa shape index (κ1) is 11.0. The van der Waals surface area contributed by atoms with Gasteiger partial charge < -0.3 is 10.5 Å². The minimum atomic E-state index is -0.0944. The maximum atomic E-state index is 6.24. The number of hydrogen-bond donors (Lipinski definition) is 1. The lowest BCUT2D eigenvalue weighted by molar-refractivity contribution is 0.407. The molecule has 0 aromatic heterocycles. The van der Waals surface area contributed by atoms with Crippen molar-refractivity contribution in [2.24, 2.45) is 5.73 Å². The van der Waals surface area contributed by atoms with Gasteiger partial charge in [-0.3, -0.25) is 0 Å². The highest BCUT2D eigenvalue weighted by Gasteiger charge is 2.42. The molecule has 0 unspecified atom stereocenters. The zero-order chi connectivity index (χ0) is 11.2. The van der Waals surface area contributed by atoms with Gasteiger partial charge in [-0.2, -0.15) is 0 Å². The Kier molecular flexibility index (Phi) is 2.55. The lowest BCUT2D eigenvalue weighted by atomic mass is 9.97. The zero-order valence-corrected chi connectivity index (χ0v) is 10.9. The van der Waals surface area contributed by atoms with Gasteiger partial charge in [-0.1, -0.05) is 6.07 Å². The molecule has 0 heterocycles. The van der Waals surface area contributed by atoms with Crippen LogP contribution in [0.4, 0.5) is 0 Å². The van der Waals surface area contributed by atoms with Gasteiger partial charge in [0.15, 0.2) is 0 Å². The van der Waals surface area contributed by atoms with Gasteiger partial charge in [-0.25, -0.2) is 0 Å². The molecule has 1 fully saturated rings. The Hall–Kier alpha value is -0.540. The highest BCUT2D eigenvalue weighted by molar-refractivity contribution is 9.10. The van der Waals surface area contributed by atoms with E-state index in [-0.39, 0.29) is 5.54 Å². The molecule has 0 atom stereocenters. The fraction of sp³-hybridized carbons (Fsp3) is 0.500. The maximum absolute atomic E-state index is 6.24. The van der Waals surface area contributed by atoms with Crippen LogP contribution in [0.25, 0.3) is 0 Å². The molecule has 1 saturated carbocycles. The summed E-state index contributed by atoms with van der Waals surface area (Å²) in [6, 6.07) is 2.18. The van der Waals surface area contributed by atoms with E-state index in [9.17, 15) is 0 Å². The molecule has 1 aliphatic rings. The molecule has 1 aromatic carbocycles. The van der Waals surface area contributed by atoms with Crippen LogP contribution in [0.2, 0.25) is 0 Å². The van der Waals surface area contributed by atoms with Crippen LogP contribution in [0.3, 0.4) is 0 Å². The first-order chi connectivity index (χ1) is 6.99. The van der Waals surface area contributed by atoms with Crippen LogP contribution >= 0.6 is 15.9 Å². The second kappa shape index (κ2) is 3.49. The molecule has 2 N–H and O–H groups in total. The van der Waals surface area contributed by atoms with Gasteiger partial charge in [-0.05, 0) is 59.3 Å². The highest BCUT2D eigenvalue weighted by Crippen LogP contribution is 2.47. The summed E-state index contributed by atoms with van der Waals surface area (Å²) < 4.78 is 6.46. The summed E-state index contributed by atoms with van der Waals surface area (Å²) in [6.07, 6.45) is 2.16. The summed E-state index contributed by atoms with van der Waals surface area (Å²) >= 11 is 3.55. The molecular weight excluding hydrogens is 254 g/mol. The number of hydrogen-bond acceptors (Lipinski definition) is 2. The quantitative estimate of drug-likeness (QED) is 0.896. The Morgan fingerprint density at radius 3 is 2.47 bits per heavy atom. The molecule has 0 spiro atoms. The monoisotopic (exact) mass is 269 g/mol. The lowest BCUT2D eigenvalue weighted by Gasteiger charge is -2.18. The zero-order valence-electron chi connectivity index (χ0n) is 9.36. The first-order valence-electron chi connectivity index (χ1n) is 5.12. The molecular formula is C12H16BrNO. The van der Waals surface area contributed by atoms with Crippen LogP contribution in [0.5, 0.6) is 5.75 Å². The van der Waals surface area contributed by atoms with E-state index in [0.29, 0.717) is 0 Å². The van der Waals surface area contributed by atoms with E-state index >= 15 is 0 Å². The van der Waals surface area contributed by atoms with Crippen LogP contribution in [-0.4, -0.2) is 7.11 Å². The summed E-state index contributed by atoms with van der Waals surface area (Å²) in [5.74, 6) is 0.918. The van der Waals surface area contributed by atoms with Gasteiger partial charge in [0.1, 0.15) is 5.75 Å². The van der Waals surface area contributed by atoms with Crippen molar-refractivity contribution in [2.45, 2.75) is 32.2 Å². The Morgan fingerprint density at radius 1 is 1.40 bits per heavy atom. The van der Waals surface area contributed by atoms with Crippen molar-refractivity contribution in [1.29, 1.82) is 0 Å². The first-order valence-corrected chi connectivity index (χ1v) is 5.92. The average molecular weight is 270 g/mol. The Bertz CT molecular complexity index is 411. The van der Waals surface area contributed by atoms with Gasteiger partial charge in [0.05, 0.1) is 11.6 Å². The Morgan fingerprint density at radius 2 is 2.00 bits per heavy atom. The van der Waals surface area contributed by atoms with Gasteiger partial charge in [0, 0.05) is 5.54 Å². The highest BCUT2D eigenvalue weighted by atomic mass is 79.9. The second-order valence-electron chi connectivity index (χ2n) is 4.37. The number of ether oxygens (including phenoxy) is 1. The number of benzene rings is 1. The van der Waals surface area contributed by atoms with Crippen molar-refractivity contribution in [3.8, 4) is 5.75 Å². The lowest BCUT2D eigenvalue weighted by Crippen LogP contribution is -2.20. The predicted molar refractivity (Wildman–Crippen MR) is 65.3 cm³/mol. The van der Waals surface area contributed by atoms with Gasteiger partial charge in [0.25, 0.3) is 0 Å². The van der Waals surface area contributed by atoms with Crippen molar-refractivity contribution in [3.63, 3.8) is 0 Å². The molecule has 0 radical (unpaired) electrons. The second-order valence-corrected chi connectivity index (χ2v) is 5.16. The predicted octanol–water partition coefficient (Wildman–Crippen LogP) is 3.02. The maximum Gasteiger partial charge on any atom is 0.136 e. The third kappa shape index (κ3) is 1.68. The standard InChI is InChI=1S/C12H16BrNO/c1-7-6-9(12(14)4-5-12)8(2)11(15-3)10(7)13/h6H,4-5,14H2,1-3H3. The minimum Gasteiger partial charge on any atom is -0.495 e. The van der Waals surface area contributed by atoms with Crippen molar-refractivity contribution in [3.05, 3.63) is 27.2 Å². The molecule has 1 aliphatic carbocycles. The van der Waals surface area contributed by atoms with E-state index in [4.69, 9.17) is 10.5 Å².